The molecule has 30 heavy (non-hydrogen) atoms. The van der Waals surface area contributed by atoms with Gasteiger partial charge >= 0.3 is 15.5 Å². The van der Waals surface area contributed by atoms with Crippen LogP contribution in [0.2, 0.25) is 0 Å². The summed E-state index contributed by atoms with van der Waals surface area (Å²) in [5.41, 5.74) is -3.04. The summed E-state index contributed by atoms with van der Waals surface area (Å²) in [6, 6.07) is 3.43. The van der Waals surface area contributed by atoms with Gasteiger partial charge in [-0.15, -0.1) is 20.4 Å². The molecule has 1 aliphatic heterocycles. The number of azo groups is 1. The van der Waals surface area contributed by atoms with Crippen molar-refractivity contribution in [3.63, 3.8) is 0 Å². The number of rotatable bonds is 7. The fourth-order valence-electron chi connectivity index (χ4n) is 3.50. The van der Waals surface area contributed by atoms with E-state index in [1.165, 1.54) is 11.6 Å². The lowest BCUT2D eigenvalue weighted by atomic mass is 9.96. The molecule has 1 N–H and O–H groups in total. The molecule has 2 aromatic rings. The highest BCUT2D eigenvalue weighted by molar-refractivity contribution is 7.93. The molecule has 8 nitrogen and oxygen atoms in total. The number of anilines is 2. The van der Waals surface area contributed by atoms with E-state index in [1.54, 1.807) is 10.8 Å². The molecule has 0 atom stereocenters. The first-order valence-corrected chi connectivity index (χ1v) is 11.7. The molecule has 1 aromatic heterocycles. The molecular formula is C17H21F3N6O2S2. The van der Waals surface area contributed by atoms with Gasteiger partial charge in [-0.3, -0.25) is 4.72 Å². The Morgan fingerprint density at radius 1 is 1.27 bits per heavy atom. The fraction of sp³-hybridized carbons (Fsp3) is 0.529. The lowest BCUT2D eigenvalue weighted by molar-refractivity contribution is -0.0429. The van der Waals surface area contributed by atoms with Crippen molar-refractivity contribution >= 4 is 43.6 Å². The van der Waals surface area contributed by atoms with E-state index in [-0.39, 0.29) is 22.5 Å². The van der Waals surface area contributed by atoms with Crippen LogP contribution in [0.3, 0.4) is 0 Å². The summed E-state index contributed by atoms with van der Waals surface area (Å²) < 4.78 is 64.7. The minimum atomic E-state index is -5.62. The Labute approximate surface area is 176 Å². The third-order valence-corrected chi connectivity index (χ3v) is 6.57. The van der Waals surface area contributed by atoms with E-state index < -0.39 is 15.5 Å². The Morgan fingerprint density at radius 2 is 2.00 bits per heavy atom. The smallest absolute Gasteiger partial charge is 0.368 e. The highest BCUT2D eigenvalue weighted by Crippen LogP contribution is 2.42. The number of fused-ring (bicyclic) bond motifs is 1. The van der Waals surface area contributed by atoms with E-state index in [1.807, 2.05) is 13.8 Å². The molecule has 2 heterocycles. The molecule has 0 spiro atoms. The van der Waals surface area contributed by atoms with E-state index in [0.29, 0.717) is 24.1 Å². The maximum atomic E-state index is 13.1. The second-order valence-electron chi connectivity index (χ2n) is 6.70. The number of benzene rings is 1. The van der Waals surface area contributed by atoms with E-state index in [0.717, 1.165) is 30.7 Å². The zero-order valence-electron chi connectivity index (χ0n) is 16.3. The molecule has 164 valence electrons. The van der Waals surface area contributed by atoms with Crippen LogP contribution >= 0.6 is 11.3 Å². The molecule has 0 saturated heterocycles. The summed E-state index contributed by atoms with van der Waals surface area (Å²) in [7, 11) is -5.62. The number of aromatic nitrogens is 2. The van der Waals surface area contributed by atoms with E-state index >= 15 is 0 Å². The van der Waals surface area contributed by atoms with Crippen molar-refractivity contribution in [3.05, 3.63) is 23.2 Å². The predicted molar refractivity (Wildman–Crippen MR) is 109 cm³/mol. The molecule has 0 aliphatic carbocycles. The maximum absolute atomic E-state index is 13.1. The number of hydrogen-bond acceptors (Lipinski definition) is 8. The van der Waals surface area contributed by atoms with Crippen molar-refractivity contribution in [1.29, 1.82) is 0 Å². The second-order valence-corrected chi connectivity index (χ2v) is 9.18. The number of hydrogen-bond donors (Lipinski definition) is 1. The summed E-state index contributed by atoms with van der Waals surface area (Å²) in [4.78, 5) is 2.12. The molecule has 1 aromatic carbocycles. The second kappa shape index (κ2) is 8.84. The molecule has 1 aliphatic rings. The van der Waals surface area contributed by atoms with Crippen LogP contribution in [-0.2, 0) is 16.4 Å². The summed E-state index contributed by atoms with van der Waals surface area (Å²) in [6.45, 7) is 4.83. The number of sulfonamides is 1. The Morgan fingerprint density at radius 3 is 2.60 bits per heavy atom. The van der Waals surface area contributed by atoms with Gasteiger partial charge in [0.05, 0.1) is 5.69 Å². The SMILES string of the molecule is CCC(CC)N1CCCc2c1ccc(N=Nc1nncs1)c2NS(=O)(=O)C(F)(F)F. The van der Waals surface area contributed by atoms with Crippen LogP contribution in [0, 0.1) is 0 Å². The molecule has 0 radical (unpaired) electrons. The molecule has 3 rings (SSSR count). The summed E-state index contributed by atoms with van der Waals surface area (Å²) in [5.74, 6) is 0. The van der Waals surface area contributed by atoms with Gasteiger partial charge < -0.3 is 4.90 Å². The molecule has 0 unspecified atom stereocenters. The van der Waals surface area contributed by atoms with Crippen molar-refractivity contribution in [3.8, 4) is 0 Å². The molecule has 0 fully saturated rings. The highest BCUT2D eigenvalue weighted by atomic mass is 32.2. The zero-order chi connectivity index (χ0) is 21.9. The van der Waals surface area contributed by atoms with Crippen molar-refractivity contribution in [2.24, 2.45) is 10.2 Å². The predicted octanol–water partition coefficient (Wildman–Crippen LogP) is 5.16. The molecule has 0 bridgehead atoms. The average Bonchev–Trinajstić information content (AvgIpc) is 3.21. The number of nitrogens with one attached hydrogen (secondary N) is 1. The Kier molecular flexibility index (Phi) is 6.60. The Hall–Kier alpha value is -2.28. The highest BCUT2D eigenvalue weighted by Gasteiger charge is 2.47. The van der Waals surface area contributed by atoms with E-state index in [9.17, 15) is 21.6 Å². The fourth-order valence-corrected chi connectivity index (χ4v) is 4.48. The number of nitrogens with zero attached hydrogens (tertiary/aromatic N) is 5. The van der Waals surface area contributed by atoms with E-state index in [2.05, 4.69) is 25.3 Å². The molecule has 0 saturated carbocycles. The lowest BCUT2D eigenvalue weighted by Gasteiger charge is -2.38. The first-order valence-electron chi connectivity index (χ1n) is 9.37. The third kappa shape index (κ3) is 4.56. The first-order chi connectivity index (χ1) is 14.2. The zero-order valence-corrected chi connectivity index (χ0v) is 18.0. The van der Waals surface area contributed by atoms with Crippen molar-refractivity contribution < 1.29 is 21.6 Å². The minimum absolute atomic E-state index is 0.0110. The van der Waals surface area contributed by atoms with Crippen LogP contribution in [0.25, 0.3) is 0 Å². The van der Waals surface area contributed by atoms with Gasteiger partial charge in [-0.1, -0.05) is 25.2 Å². The van der Waals surface area contributed by atoms with Crippen molar-refractivity contribution in [2.45, 2.75) is 51.1 Å². The summed E-state index contributed by atoms with van der Waals surface area (Å²) in [6.07, 6.45) is 2.82. The van der Waals surface area contributed by atoms with Gasteiger partial charge in [0.1, 0.15) is 11.2 Å². The summed E-state index contributed by atoms with van der Waals surface area (Å²) >= 11 is 1.09. The Bertz CT molecular complexity index is 1010. The topological polar surface area (TPSA) is 99.9 Å². The third-order valence-electron chi connectivity index (χ3n) is 4.92. The van der Waals surface area contributed by atoms with Gasteiger partial charge in [-0.2, -0.15) is 21.6 Å². The standard InChI is InChI=1S/C17H21F3N6O2S2/c1-3-11(4-2)26-9-5-6-12-14(26)8-7-13(22-24-16-23-21-10-29-16)15(12)25-30(27,28)17(18,19)20/h7-8,10-11,25H,3-6,9H2,1-2H3. The van der Waals surface area contributed by atoms with Crippen LogP contribution in [0.4, 0.5) is 35.4 Å². The molecule has 13 heteroatoms. The number of alkyl halides is 3. The minimum Gasteiger partial charge on any atom is -0.368 e. The number of halogens is 3. The van der Waals surface area contributed by atoms with Gasteiger partial charge in [0.15, 0.2) is 0 Å². The first kappa shape index (κ1) is 22.4. The van der Waals surface area contributed by atoms with Gasteiger partial charge in [0, 0.05) is 23.8 Å². The normalized spacial score (nSPS) is 15.1. The average molecular weight is 463 g/mol. The lowest BCUT2D eigenvalue weighted by Crippen LogP contribution is -2.39. The van der Waals surface area contributed by atoms with Gasteiger partial charge in [0.2, 0.25) is 0 Å². The van der Waals surface area contributed by atoms with Crippen LogP contribution in [0.5, 0.6) is 0 Å². The van der Waals surface area contributed by atoms with Crippen LogP contribution in [0.1, 0.15) is 38.7 Å². The summed E-state index contributed by atoms with van der Waals surface area (Å²) in [5, 5.41) is 15.3. The molecular weight excluding hydrogens is 441 g/mol. The van der Waals surface area contributed by atoms with Crippen LogP contribution in [-0.4, -0.2) is 36.7 Å². The van der Waals surface area contributed by atoms with E-state index in [4.69, 9.17) is 0 Å². The van der Waals surface area contributed by atoms with Crippen LogP contribution < -0.4 is 9.62 Å². The molecule has 0 amide bonds. The van der Waals surface area contributed by atoms with Crippen molar-refractivity contribution in [2.75, 3.05) is 16.2 Å². The van der Waals surface area contributed by atoms with Crippen molar-refractivity contribution in [1.82, 2.24) is 10.2 Å². The largest absolute Gasteiger partial charge is 0.516 e. The van der Waals surface area contributed by atoms with Gasteiger partial charge in [-0.05, 0) is 37.8 Å². The monoisotopic (exact) mass is 462 g/mol. The quantitative estimate of drug-likeness (QED) is 0.573. The van der Waals surface area contributed by atoms with Crippen LogP contribution in [0.15, 0.2) is 27.9 Å². The van der Waals surface area contributed by atoms with Gasteiger partial charge in [0.25, 0.3) is 5.13 Å². The Balaban J connectivity index is 2.12. The maximum Gasteiger partial charge on any atom is 0.516 e. The van der Waals surface area contributed by atoms with Gasteiger partial charge in [-0.25, -0.2) is 0 Å².